The van der Waals surface area contributed by atoms with Gasteiger partial charge in [-0.15, -0.1) is 0 Å². The van der Waals surface area contributed by atoms with Crippen LogP contribution in [0.2, 0.25) is 5.02 Å². The number of aliphatic hydroxyl groups excluding tert-OH is 1. The Morgan fingerprint density at radius 1 is 1.19 bits per heavy atom. The molecule has 0 aliphatic carbocycles. The molecule has 0 bridgehead atoms. The maximum Gasteiger partial charge on any atom is 0.122 e. The molecule has 2 aromatic rings. The topological polar surface area (TPSA) is 55.7 Å². The van der Waals surface area contributed by atoms with Crippen molar-refractivity contribution in [1.82, 2.24) is 4.90 Å². The molecule has 1 aliphatic rings. The van der Waals surface area contributed by atoms with Crippen molar-refractivity contribution >= 4 is 17.3 Å². The molecule has 140 valence electrons. The van der Waals surface area contributed by atoms with E-state index >= 15 is 0 Å². The van der Waals surface area contributed by atoms with Crippen molar-refractivity contribution < 1.29 is 10.2 Å². The second kappa shape index (κ2) is 8.76. The minimum atomic E-state index is -0.0252. The minimum absolute atomic E-state index is 0.0252. The van der Waals surface area contributed by atoms with Crippen LogP contribution >= 0.6 is 11.6 Å². The fraction of sp³-hybridized carbons (Fsp3) is 0.429. The lowest BCUT2D eigenvalue weighted by Gasteiger charge is -2.31. The average molecular weight is 375 g/mol. The van der Waals surface area contributed by atoms with E-state index in [9.17, 15) is 10.2 Å². The van der Waals surface area contributed by atoms with Crippen LogP contribution in [0, 0.1) is 5.92 Å². The molecule has 1 heterocycles. The minimum Gasteiger partial charge on any atom is -0.508 e. The largest absolute Gasteiger partial charge is 0.508 e. The van der Waals surface area contributed by atoms with Crippen molar-refractivity contribution in [3.05, 3.63) is 58.6 Å². The fourth-order valence-corrected chi connectivity index (χ4v) is 3.72. The van der Waals surface area contributed by atoms with E-state index in [-0.39, 0.29) is 11.8 Å². The first-order valence-electron chi connectivity index (χ1n) is 9.22. The van der Waals surface area contributed by atoms with Crippen molar-refractivity contribution in [3.63, 3.8) is 0 Å². The number of nitrogens with one attached hydrogen (secondary N) is 1. The summed E-state index contributed by atoms with van der Waals surface area (Å²) in [7, 11) is 0. The van der Waals surface area contributed by atoms with Gasteiger partial charge in [-0.25, -0.2) is 0 Å². The monoisotopic (exact) mass is 374 g/mol. The summed E-state index contributed by atoms with van der Waals surface area (Å²) in [4.78, 5) is 2.44. The summed E-state index contributed by atoms with van der Waals surface area (Å²) >= 11 is 5.91. The number of phenolic OH excluding ortho intramolecular Hbond substituents is 1. The quantitative estimate of drug-likeness (QED) is 0.700. The zero-order valence-electron chi connectivity index (χ0n) is 15.2. The number of anilines is 1. The maximum atomic E-state index is 10.1. The predicted octanol–water partition coefficient (Wildman–Crippen LogP) is 4.42. The molecule has 3 rings (SSSR count). The van der Waals surface area contributed by atoms with Gasteiger partial charge in [0.2, 0.25) is 0 Å². The molecule has 2 aromatic carbocycles. The molecule has 1 fully saturated rings. The Morgan fingerprint density at radius 2 is 1.96 bits per heavy atom. The molecular formula is C21H27ClN2O2. The molecule has 1 atom stereocenters. The summed E-state index contributed by atoms with van der Waals surface area (Å²) in [5.41, 5.74) is 3.13. The first-order valence-corrected chi connectivity index (χ1v) is 9.60. The number of nitrogens with zero attached hydrogens (tertiary/aromatic N) is 1. The molecule has 0 spiro atoms. The van der Waals surface area contributed by atoms with Crippen LogP contribution in [0.4, 0.5) is 5.69 Å². The third kappa shape index (κ3) is 4.91. The van der Waals surface area contributed by atoms with Gasteiger partial charge in [0, 0.05) is 29.4 Å². The van der Waals surface area contributed by atoms with Crippen molar-refractivity contribution in [2.75, 3.05) is 25.0 Å². The number of rotatable bonds is 6. The molecule has 5 heteroatoms. The van der Waals surface area contributed by atoms with Crippen LogP contribution in [-0.4, -0.2) is 34.8 Å². The number of aromatic hydroxyl groups is 1. The number of hydrogen-bond acceptors (Lipinski definition) is 4. The molecule has 1 unspecified atom stereocenters. The van der Waals surface area contributed by atoms with Crippen LogP contribution in [0.1, 0.15) is 36.9 Å². The summed E-state index contributed by atoms with van der Waals surface area (Å²) in [5.74, 6) is 0.674. The molecule has 0 radical (unpaired) electrons. The van der Waals surface area contributed by atoms with Crippen LogP contribution in [-0.2, 0) is 6.54 Å². The van der Waals surface area contributed by atoms with Gasteiger partial charge < -0.3 is 15.5 Å². The van der Waals surface area contributed by atoms with Crippen molar-refractivity contribution in [1.29, 1.82) is 0 Å². The van der Waals surface area contributed by atoms with E-state index in [0.717, 1.165) is 43.7 Å². The van der Waals surface area contributed by atoms with Crippen molar-refractivity contribution in [2.24, 2.45) is 5.92 Å². The van der Waals surface area contributed by atoms with Crippen LogP contribution in [0.15, 0.2) is 42.5 Å². The number of hydrogen-bond donors (Lipinski definition) is 3. The van der Waals surface area contributed by atoms with Crippen LogP contribution < -0.4 is 5.32 Å². The summed E-state index contributed by atoms with van der Waals surface area (Å²) in [6, 6.07) is 13.6. The van der Waals surface area contributed by atoms with Crippen molar-refractivity contribution in [2.45, 2.75) is 32.4 Å². The number of piperidine rings is 1. The van der Waals surface area contributed by atoms with E-state index in [0.29, 0.717) is 17.5 Å². The molecule has 26 heavy (non-hydrogen) atoms. The standard InChI is InChI=1S/C21H27ClN2O2/c1-15(20-6-5-18(22)12-21(20)26)23-19-4-2-3-17(11-19)13-24-9-7-16(14-25)8-10-24/h2-6,11-12,15-16,23,25-26H,7-10,13-14H2,1H3. The van der Waals surface area contributed by atoms with E-state index in [4.69, 9.17) is 11.6 Å². The molecule has 3 N–H and O–H groups in total. The highest BCUT2D eigenvalue weighted by molar-refractivity contribution is 6.30. The Balaban J connectivity index is 1.62. The molecule has 0 amide bonds. The van der Waals surface area contributed by atoms with E-state index in [1.165, 1.54) is 5.56 Å². The third-order valence-corrected chi connectivity index (χ3v) is 5.38. The third-order valence-electron chi connectivity index (χ3n) is 5.14. The van der Waals surface area contributed by atoms with E-state index in [1.807, 2.05) is 19.1 Å². The fourth-order valence-electron chi connectivity index (χ4n) is 3.56. The van der Waals surface area contributed by atoms with Gasteiger partial charge in [-0.1, -0.05) is 29.8 Å². The number of benzene rings is 2. The zero-order valence-corrected chi connectivity index (χ0v) is 15.9. The zero-order chi connectivity index (χ0) is 18.5. The first kappa shape index (κ1) is 19.0. The Hall–Kier alpha value is -1.75. The van der Waals surface area contributed by atoms with E-state index < -0.39 is 0 Å². The molecular weight excluding hydrogens is 348 g/mol. The maximum absolute atomic E-state index is 10.1. The predicted molar refractivity (Wildman–Crippen MR) is 107 cm³/mol. The van der Waals surface area contributed by atoms with E-state index in [2.05, 4.69) is 28.4 Å². The van der Waals surface area contributed by atoms with E-state index in [1.54, 1.807) is 12.1 Å². The Labute approximate surface area is 160 Å². The number of halogens is 1. The number of phenols is 1. The van der Waals surface area contributed by atoms with Gasteiger partial charge in [-0.05, 0) is 68.6 Å². The van der Waals surface area contributed by atoms with Gasteiger partial charge in [-0.2, -0.15) is 0 Å². The average Bonchev–Trinajstić information content (AvgIpc) is 2.62. The summed E-state index contributed by atoms with van der Waals surface area (Å²) < 4.78 is 0. The van der Waals surface area contributed by atoms with Gasteiger partial charge in [-0.3, -0.25) is 4.90 Å². The molecule has 1 aliphatic heterocycles. The van der Waals surface area contributed by atoms with Gasteiger partial charge in [0.1, 0.15) is 5.75 Å². The van der Waals surface area contributed by atoms with Gasteiger partial charge >= 0.3 is 0 Å². The molecule has 0 aromatic heterocycles. The lowest BCUT2D eigenvalue weighted by molar-refractivity contribution is 0.127. The smallest absolute Gasteiger partial charge is 0.122 e. The van der Waals surface area contributed by atoms with Crippen molar-refractivity contribution in [3.8, 4) is 5.75 Å². The summed E-state index contributed by atoms with van der Waals surface area (Å²) in [6.45, 7) is 5.34. The summed E-state index contributed by atoms with van der Waals surface area (Å²) in [6.07, 6.45) is 2.14. The van der Waals surface area contributed by atoms with Gasteiger partial charge in [0.15, 0.2) is 0 Å². The highest BCUT2D eigenvalue weighted by atomic mass is 35.5. The second-order valence-electron chi connectivity index (χ2n) is 7.17. The SMILES string of the molecule is CC(Nc1cccc(CN2CCC(CO)CC2)c1)c1ccc(Cl)cc1O. The van der Waals surface area contributed by atoms with Gasteiger partial charge in [0.05, 0.1) is 6.04 Å². The summed E-state index contributed by atoms with van der Waals surface area (Å²) in [5, 5.41) is 23.4. The molecule has 1 saturated heterocycles. The normalized spacial score (nSPS) is 17.2. The van der Waals surface area contributed by atoms with Gasteiger partial charge in [0.25, 0.3) is 0 Å². The lowest BCUT2D eigenvalue weighted by atomic mass is 9.97. The van der Waals surface area contributed by atoms with Crippen LogP contribution in [0.3, 0.4) is 0 Å². The Bertz CT molecular complexity index is 730. The highest BCUT2D eigenvalue weighted by Crippen LogP contribution is 2.30. The number of aliphatic hydroxyl groups is 1. The Kier molecular flexibility index (Phi) is 6.41. The Morgan fingerprint density at radius 3 is 2.65 bits per heavy atom. The second-order valence-corrected chi connectivity index (χ2v) is 7.61. The molecule has 4 nitrogen and oxygen atoms in total. The highest BCUT2D eigenvalue weighted by Gasteiger charge is 2.18. The lowest BCUT2D eigenvalue weighted by Crippen LogP contribution is -2.34. The van der Waals surface area contributed by atoms with Crippen LogP contribution in [0.25, 0.3) is 0 Å². The first-order chi connectivity index (χ1) is 12.5. The van der Waals surface area contributed by atoms with Crippen LogP contribution in [0.5, 0.6) is 5.75 Å². The number of likely N-dealkylation sites (tertiary alicyclic amines) is 1. The molecule has 0 saturated carbocycles.